The highest BCUT2D eigenvalue weighted by atomic mass is 16.3. The van der Waals surface area contributed by atoms with E-state index in [1.165, 1.54) is 25.7 Å². The van der Waals surface area contributed by atoms with Gasteiger partial charge in [-0.05, 0) is 19.3 Å². The van der Waals surface area contributed by atoms with E-state index in [1.54, 1.807) is 0 Å². The Morgan fingerprint density at radius 1 is 1.17 bits per heavy atom. The van der Waals surface area contributed by atoms with Gasteiger partial charge in [-0.2, -0.15) is 0 Å². The van der Waals surface area contributed by atoms with E-state index >= 15 is 0 Å². The lowest BCUT2D eigenvalue weighted by Crippen LogP contribution is -2.41. The Bertz CT molecular complexity index is 231. The van der Waals surface area contributed by atoms with Gasteiger partial charge >= 0.3 is 0 Å². The molecule has 0 aromatic carbocycles. The van der Waals surface area contributed by atoms with Crippen molar-refractivity contribution in [2.45, 2.75) is 77.2 Å². The van der Waals surface area contributed by atoms with Gasteiger partial charge in [-0.25, -0.2) is 0 Å². The van der Waals surface area contributed by atoms with Gasteiger partial charge in [0.15, 0.2) is 0 Å². The summed E-state index contributed by atoms with van der Waals surface area (Å²) in [6.07, 6.45) is 11.0. The molecule has 1 atom stereocenters. The van der Waals surface area contributed by atoms with Crippen LogP contribution in [0.3, 0.4) is 0 Å². The Morgan fingerprint density at radius 3 is 2.67 bits per heavy atom. The smallest absolute Gasteiger partial charge is 0.222 e. The molecule has 1 N–H and O–H groups in total. The second-order valence-electron chi connectivity index (χ2n) is 5.44. The molecule has 0 saturated carbocycles. The van der Waals surface area contributed by atoms with Crippen LogP contribution in [0, 0.1) is 0 Å². The fourth-order valence-electron chi connectivity index (χ4n) is 2.72. The second-order valence-corrected chi connectivity index (χ2v) is 5.44. The molecule has 1 rings (SSSR count). The highest BCUT2D eigenvalue weighted by molar-refractivity contribution is 5.76. The number of carbonyl (C=O) groups is 1. The van der Waals surface area contributed by atoms with E-state index in [4.69, 9.17) is 0 Å². The van der Waals surface area contributed by atoms with Crippen LogP contribution in [0.15, 0.2) is 0 Å². The van der Waals surface area contributed by atoms with Crippen LogP contribution < -0.4 is 0 Å². The van der Waals surface area contributed by atoms with Gasteiger partial charge in [-0.15, -0.1) is 0 Å². The topological polar surface area (TPSA) is 40.5 Å². The van der Waals surface area contributed by atoms with Crippen molar-refractivity contribution >= 4 is 5.91 Å². The molecule has 0 radical (unpaired) electrons. The van der Waals surface area contributed by atoms with Crippen molar-refractivity contribution in [3.63, 3.8) is 0 Å². The van der Waals surface area contributed by atoms with Gasteiger partial charge in [0.1, 0.15) is 0 Å². The summed E-state index contributed by atoms with van der Waals surface area (Å²) in [6.45, 7) is 3.18. The number of aliphatic hydroxyl groups is 1. The zero-order valence-electron chi connectivity index (χ0n) is 11.9. The highest BCUT2D eigenvalue weighted by Gasteiger charge is 2.23. The van der Waals surface area contributed by atoms with Gasteiger partial charge in [0.25, 0.3) is 0 Å². The zero-order chi connectivity index (χ0) is 13.2. The number of carbonyl (C=O) groups excluding carboxylic acids is 1. The number of nitrogens with zero attached hydrogens (tertiary/aromatic N) is 1. The van der Waals surface area contributed by atoms with E-state index in [2.05, 4.69) is 6.92 Å². The molecule has 18 heavy (non-hydrogen) atoms. The average Bonchev–Trinajstić information content (AvgIpc) is 2.63. The van der Waals surface area contributed by atoms with Gasteiger partial charge in [0, 0.05) is 13.0 Å². The van der Waals surface area contributed by atoms with E-state index in [9.17, 15) is 9.90 Å². The number of aliphatic hydroxyl groups excluding tert-OH is 1. The number of likely N-dealkylation sites (tertiary alicyclic amines) is 1. The molecule has 0 aromatic heterocycles. The molecule has 0 spiro atoms. The van der Waals surface area contributed by atoms with Crippen LogP contribution in [-0.2, 0) is 4.79 Å². The van der Waals surface area contributed by atoms with Crippen molar-refractivity contribution in [3.8, 4) is 0 Å². The summed E-state index contributed by atoms with van der Waals surface area (Å²) in [4.78, 5) is 14.1. The lowest BCUT2D eigenvalue weighted by Gasteiger charge is -2.28. The van der Waals surface area contributed by atoms with Crippen LogP contribution in [0.4, 0.5) is 0 Å². The van der Waals surface area contributed by atoms with Gasteiger partial charge < -0.3 is 10.0 Å². The minimum atomic E-state index is 0.0793. The summed E-state index contributed by atoms with van der Waals surface area (Å²) >= 11 is 0. The standard InChI is InChI=1S/C15H29NO2/c1-2-3-4-5-8-11-15(18)16-12-9-6-7-10-14(16)13-17/h14,17H,2-13H2,1H3. The maximum Gasteiger partial charge on any atom is 0.222 e. The third-order valence-electron chi connectivity index (χ3n) is 3.90. The van der Waals surface area contributed by atoms with Gasteiger partial charge in [0.2, 0.25) is 5.91 Å². The van der Waals surface area contributed by atoms with Crippen molar-refractivity contribution < 1.29 is 9.90 Å². The van der Waals surface area contributed by atoms with Gasteiger partial charge in [-0.3, -0.25) is 4.79 Å². The van der Waals surface area contributed by atoms with Crippen LogP contribution in [0.25, 0.3) is 0 Å². The van der Waals surface area contributed by atoms with Gasteiger partial charge in [0.05, 0.1) is 12.6 Å². The molecule has 1 aliphatic rings. The van der Waals surface area contributed by atoms with Crippen molar-refractivity contribution in [2.24, 2.45) is 0 Å². The monoisotopic (exact) mass is 255 g/mol. The molecule has 3 nitrogen and oxygen atoms in total. The summed E-state index contributed by atoms with van der Waals surface area (Å²) in [5, 5.41) is 9.38. The first-order valence-corrected chi connectivity index (χ1v) is 7.70. The quantitative estimate of drug-likeness (QED) is 0.710. The molecule has 0 bridgehead atoms. The van der Waals surface area contributed by atoms with Crippen molar-refractivity contribution in [2.75, 3.05) is 13.2 Å². The summed E-state index contributed by atoms with van der Waals surface area (Å²) in [5.41, 5.74) is 0. The minimum Gasteiger partial charge on any atom is -0.394 e. The van der Waals surface area contributed by atoms with E-state index < -0.39 is 0 Å². The summed E-state index contributed by atoms with van der Waals surface area (Å²) in [7, 11) is 0. The number of unbranched alkanes of at least 4 members (excludes halogenated alkanes) is 4. The molecule has 1 unspecified atom stereocenters. The molecule has 0 aromatic rings. The minimum absolute atomic E-state index is 0.0793. The molecule has 1 heterocycles. The van der Waals surface area contributed by atoms with Crippen LogP contribution in [0.1, 0.15) is 71.1 Å². The average molecular weight is 255 g/mol. The van der Waals surface area contributed by atoms with E-state index in [1.807, 2.05) is 4.90 Å². The van der Waals surface area contributed by atoms with Crippen molar-refractivity contribution in [1.29, 1.82) is 0 Å². The van der Waals surface area contributed by atoms with Gasteiger partial charge in [-0.1, -0.05) is 45.4 Å². The first-order valence-electron chi connectivity index (χ1n) is 7.70. The molecule has 106 valence electrons. The third kappa shape index (κ3) is 5.38. The lowest BCUT2D eigenvalue weighted by atomic mass is 10.1. The van der Waals surface area contributed by atoms with Crippen molar-refractivity contribution in [1.82, 2.24) is 4.90 Å². The fourth-order valence-corrected chi connectivity index (χ4v) is 2.72. The highest BCUT2D eigenvalue weighted by Crippen LogP contribution is 2.18. The Labute approximate surface area is 112 Å². The molecule has 1 aliphatic heterocycles. The number of hydrogen-bond acceptors (Lipinski definition) is 2. The first kappa shape index (κ1) is 15.5. The number of rotatable bonds is 7. The van der Waals surface area contributed by atoms with Crippen molar-refractivity contribution in [3.05, 3.63) is 0 Å². The molecular formula is C15H29NO2. The first-order chi connectivity index (χ1) is 8.79. The van der Waals surface area contributed by atoms with Crippen LogP contribution >= 0.6 is 0 Å². The molecule has 3 heteroatoms. The normalized spacial score (nSPS) is 20.8. The Morgan fingerprint density at radius 2 is 1.94 bits per heavy atom. The predicted molar refractivity (Wildman–Crippen MR) is 74.4 cm³/mol. The zero-order valence-corrected chi connectivity index (χ0v) is 11.9. The van der Waals surface area contributed by atoms with E-state index in [0.717, 1.165) is 38.6 Å². The number of hydrogen-bond donors (Lipinski definition) is 1. The molecule has 1 fully saturated rings. The van der Waals surface area contributed by atoms with Crippen LogP contribution in [0.2, 0.25) is 0 Å². The maximum atomic E-state index is 12.2. The third-order valence-corrected chi connectivity index (χ3v) is 3.90. The largest absolute Gasteiger partial charge is 0.394 e. The molecule has 1 amide bonds. The molecule has 1 saturated heterocycles. The Kier molecular flexibility index (Phi) is 8.06. The maximum absolute atomic E-state index is 12.2. The SMILES string of the molecule is CCCCCCCC(=O)N1CCCCCC1CO. The second kappa shape index (κ2) is 9.37. The van der Waals surface area contributed by atoms with Crippen LogP contribution in [-0.4, -0.2) is 35.1 Å². The van der Waals surface area contributed by atoms with E-state index in [0.29, 0.717) is 6.42 Å². The molecule has 0 aliphatic carbocycles. The molecular weight excluding hydrogens is 226 g/mol. The summed E-state index contributed by atoms with van der Waals surface area (Å²) in [6, 6.07) is 0.0793. The lowest BCUT2D eigenvalue weighted by molar-refractivity contribution is -0.134. The fraction of sp³-hybridized carbons (Fsp3) is 0.933. The Hall–Kier alpha value is -0.570. The van der Waals surface area contributed by atoms with E-state index in [-0.39, 0.29) is 18.6 Å². The Balaban J connectivity index is 2.28. The predicted octanol–water partition coefficient (Wildman–Crippen LogP) is 3.11. The summed E-state index contributed by atoms with van der Waals surface area (Å²) < 4.78 is 0. The van der Waals surface area contributed by atoms with Crippen LogP contribution in [0.5, 0.6) is 0 Å². The number of amides is 1. The summed E-state index contributed by atoms with van der Waals surface area (Å²) in [5.74, 6) is 0.257.